The van der Waals surface area contributed by atoms with Gasteiger partial charge in [0.1, 0.15) is 5.75 Å². The van der Waals surface area contributed by atoms with Gasteiger partial charge in [-0.05, 0) is 35.9 Å². The summed E-state index contributed by atoms with van der Waals surface area (Å²) < 4.78 is 0. The fourth-order valence-electron chi connectivity index (χ4n) is 3.78. The molecule has 0 radical (unpaired) electrons. The summed E-state index contributed by atoms with van der Waals surface area (Å²) in [6, 6.07) is 21.9. The van der Waals surface area contributed by atoms with Gasteiger partial charge >= 0.3 is 0 Å². The van der Waals surface area contributed by atoms with Gasteiger partial charge in [-0.2, -0.15) is 0 Å². The van der Waals surface area contributed by atoms with E-state index in [-0.39, 0.29) is 24.0 Å². The van der Waals surface area contributed by atoms with Gasteiger partial charge < -0.3 is 20.2 Å². The van der Waals surface area contributed by atoms with Gasteiger partial charge in [-0.3, -0.25) is 9.98 Å². The van der Waals surface area contributed by atoms with E-state index in [4.69, 9.17) is 0 Å². The Kier molecular flexibility index (Phi) is 8.11. The van der Waals surface area contributed by atoms with Gasteiger partial charge in [0, 0.05) is 51.5 Å². The first-order valence-corrected chi connectivity index (χ1v) is 10.2. The second kappa shape index (κ2) is 11.0. The van der Waals surface area contributed by atoms with Gasteiger partial charge in [-0.15, -0.1) is 24.0 Å². The number of phenolic OH excluding ortho intramolecular Hbond substituents is 1. The Hall–Kier alpha value is -2.81. The van der Waals surface area contributed by atoms with Crippen molar-refractivity contribution in [2.24, 2.45) is 4.99 Å². The molecule has 0 saturated carbocycles. The standard InChI is InChI=1S/C24H27N5O.HI/c1-25-24(29-15-13-28(14-16-29)22-10-2-3-11-23(22)30)27-18-19-7-6-8-20(17-19)21-9-4-5-12-26-21;/h2-12,17,30H,13-16,18H2,1H3,(H,25,27);1H. The summed E-state index contributed by atoms with van der Waals surface area (Å²) in [5.74, 6) is 1.23. The van der Waals surface area contributed by atoms with Crippen LogP contribution < -0.4 is 10.2 Å². The maximum absolute atomic E-state index is 10.1. The smallest absolute Gasteiger partial charge is 0.194 e. The first-order valence-electron chi connectivity index (χ1n) is 10.2. The fraction of sp³-hybridized carbons (Fsp3) is 0.250. The van der Waals surface area contributed by atoms with Crippen LogP contribution in [0, 0.1) is 0 Å². The first-order chi connectivity index (χ1) is 14.7. The lowest BCUT2D eigenvalue weighted by atomic mass is 10.1. The Morgan fingerprint density at radius 1 is 1.00 bits per heavy atom. The average Bonchev–Trinajstić information content (AvgIpc) is 2.81. The molecule has 0 aliphatic carbocycles. The summed E-state index contributed by atoms with van der Waals surface area (Å²) in [6.07, 6.45) is 1.82. The highest BCUT2D eigenvalue weighted by Crippen LogP contribution is 2.27. The number of para-hydroxylation sites is 2. The SMILES string of the molecule is CN=C(NCc1cccc(-c2ccccn2)c1)N1CCN(c2ccccc2O)CC1.I. The number of aromatic nitrogens is 1. The quantitative estimate of drug-likeness (QED) is 0.304. The number of nitrogens with zero attached hydrogens (tertiary/aromatic N) is 4. The van der Waals surface area contributed by atoms with Crippen molar-refractivity contribution >= 4 is 35.6 Å². The number of piperazine rings is 1. The van der Waals surface area contributed by atoms with Crippen LogP contribution in [0.3, 0.4) is 0 Å². The number of aliphatic imine (C=N–C) groups is 1. The topological polar surface area (TPSA) is 64.0 Å². The van der Waals surface area contributed by atoms with Gasteiger partial charge in [0.15, 0.2) is 5.96 Å². The summed E-state index contributed by atoms with van der Waals surface area (Å²) in [7, 11) is 1.82. The zero-order valence-corrected chi connectivity index (χ0v) is 19.9. The highest BCUT2D eigenvalue weighted by molar-refractivity contribution is 14.0. The molecule has 162 valence electrons. The zero-order chi connectivity index (χ0) is 20.8. The molecule has 0 bridgehead atoms. The number of hydrogen-bond donors (Lipinski definition) is 2. The van der Waals surface area contributed by atoms with E-state index in [1.807, 2.05) is 49.6 Å². The first kappa shape index (κ1) is 22.9. The number of halogens is 1. The lowest BCUT2D eigenvalue weighted by molar-refractivity contribution is 0.369. The van der Waals surface area contributed by atoms with Crippen LogP contribution in [0.4, 0.5) is 5.69 Å². The predicted octanol–water partition coefficient (Wildman–Crippen LogP) is 3.97. The highest BCUT2D eigenvalue weighted by Gasteiger charge is 2.21. The highest BCUT2D eigenvalue weighted by atomic mass is 127. The van der Waals surface area contributed by atoms with Crippen LogP contribution >= 0.6 is 24.0 Å². The summed E-state index contributed by atoms with van der Waals surface area (Å²) in [6.45, 7) is 4.08. The van der Waals surface area contributed by atoms with Crippen LogP contribution in [0.1, 0.15) is 5.56 Å². The molecule has 3 aromatic rings. The van der Waals surface area contributed by atoms with Crippen LogP contribution in [0.25, 0.3) is 11.3 Å². The molecule has 2 N–H and O–H groups in total. The molecule has 6 nitrogen and oxygen atoms in total. The van der Waals surface area contributed by atoms with E-state index in [0.29, 0.717) is 12.3 Å². The number of aromatic hydroxyl groups is 1. The number of hydrogen-bond acceptors (Lipinski definition) is 4. The van der Waals surface area contributed by atoms with Gasteiger partial charge in [-0.1, -0.05) is 36.4 Å². The summed E-state index contributed by atoms with van der Waals surface area (Å²) >= 11 is 0. The van der Waals surface area contributed by atoms with Crippen molar-refractivity contribution in [3.63, 3.8) is 0 Å². The van der Waals surface area contributed by atoms with Crippen LogP contribution in [-0.2, 0) is 6.54 Å². The van der Waals surface area contributed by atoms with Crippen molar-refractivity contribution in [2.45, 2.75) is 6.54 Å². The Morgan fingerprint density at radius 3 is 2.48 bits per heavy atom. The molecular weight excluding hydrogens is 501 g/mol. The lowest BCUT2D eigenvalue weighted by Crippen LogP contribution is -2.52. The number of rotatable bonds is 4. The second-order valence-corrected chi connectivity index (χ2v) is 7.28. The van der Waals surface area contributed by atoms with E-state index in [1.54, 1.807) is 6.07 Å². The molecule has 7 heteroatoms. The lowest BCUT2D eigenvalue weighted by Gasteiger charge is -2.37. The van der Waals surface area contributed by atoms with E-state index in [2.05, 4.69) is 49.4 Å². The van der Waals surface area contributed by atoms with Crippen molar-refractivity contribution in [1.29, 1.82) is 0 Å². The normalized spacial score (nSPS) is 14.2. The minimum absolute atomic E-state index is 0. The summed E-state index contributed by atoms with van der Waals surface area (Å²) in [5.41, 5.74) is 4.17. The number of phenols is 1. The van der Waals surface area contributed by atoms with Crippen molar-refractivity contribution in [2.75, 3.05) is 38.1 Å². The van der Waals surface area contributed by atoms with E-state index < -0.39 is 0 Å². The number of guanidine groups is 1. The molecule has 1 aromatic heterocycles. The van der Waals surface area contributed by atoms with Crippen molar-refractivity contribution in [3.05, 3.63) is 78.5 Å². The minimum Gasteiger partial charge on any atom is -0.506 e. The van der Waals surface area contributed by atoms with Gasteiger partial charge in [0.2, 0.25) is 0 Å². The van der Waals surface area contributed by atoms with Gasteiger partial charge in [-0.25, -0.2) is 0 Å². The molecule has 1 aliphatic heterocycles. The second-order valence-electron chi connectivity index (χ2n) is 7.28. The predicted molar refractivity (Wildman–Crippen MR) is 137 cm³/mol. The third-order valence-corrected chi connectivity index (χ3v) is 5.35. The fourth-order valence-corrected chi connectivity index (χ4v) is 3.78. The zero-order valence-electron chi connectivity index (χ0n) is 17.6. The van der Waals surface area contributed by atoms with E-state index >= 15 is 0 Å². The summed E-state index contributed by atoms with van der Waals surface area (Å²) in [5, 5.41) is 13.6. The molecule has 0 unspecified atom stereocenters. The maximum atomic E-state index is 10.1. The van der Waals surface area contributed by atoms with Crippen molar-refractivity contribution in [1.82, 2.24) is 15.2 Å². The number of benzene rings is 2. The average molecular weight is 529 g/mol. The molecule has 31 heavy (non-hydrogen) atoms. The van der Waals surface area contributed by atoms with Crippen LogP contribution in [0.2, 0.25) is 0 Å². The molecule has 1 fully saturated rings. The Balaban J connectivity index is 0.00000272. The Morgan fingerprint density at radius 2 is 1.77 bits per heavy atom. The van der Waals surface area contributed by atoms with Crippen molar-refractivity contribution in [3.8, 4) is 17.0 Å². The third kappa shape index (κ3) is 5.66. The van der Waals surface area contributed by atoms with Crippen molar-refractivity contribution < 1.29 is 5.11 Å². The molecule has 2 heterocycles. The van der Waals surface area contributed by atoms with E-state index in [1.165, 1.54) is 5.56 Å². The number of nitrogens with one attached hydrogen (secondary N) is 1. The largest absolute Gasteiger partial charge is 0.506 e. The van der Waals surface area contributed by atoms with Gasteiger partial charge in [0.05, 0.1) is 11.4 Å². The number of anilines is 1. The summed E-state index contributed by atoms with van der Waals surface area (Å²) in [4.78, 5) is 13.4. The minimum atomic E-state index is 0. The Bertz CT molecular complexity index is 1000. The maximum Gasteiger partial charge on any atom is 0.194 e. The Labute approximate surface area is 200 Å². The molecule has 0 spiro atoms. The van der Waals surface area contributed by atoms with Gasteiger partial charge in [0.25, 0.3) is 0 Å². The molecule has 1 saturated heterocycles. The number of pyridine rings is 1. The molecule has 2 aromatic carbocycles. The van der Waals surface area contributed by atoms with Crippen LogP contribution in [-0.4, -0.2) is 54.2 Å². The van der Waals surface area contributed by atoms with E-state index in [9.17, 15) is 5.11 Å². The molecule has 4 rings (SSSR count). The van der Waals surface area contributed by atoms with Crippen LogP contribution in [0.5, 0.6) is 5.75 Å². The monoisotopic (exact) mass is 529 g/mol. The molecule has 1 aliphatic rings. The van der Waals surface area contributed by atoms with E-state index in [0.717, 1.165) is 49.1 Å². The van der Waals surface area contributed by atoms with Crippen LogP contribution in [0.15, 0.2) is 77.9 Å². The molecular formula is C24H28IN5O. The third-order valence-electron chi connectivity index (χ3n) is 5.35. The molecule has 0 atom stereocenters. The molecule has 0 amide bonds.